The lowest BCUT2D eigenvalue weighted by Gasteiger charge is -2.43. The molecule has 2 nitrogen and oxygen atoms in total. The predicted molar refractivity (Wildman–Crippen MR) is 249 cm³/mol. The van der Waals surface area contributed by atoms with Crippen LogP contribution in [0.3, 0.4) is 0 Å². The molecule has 0 atom stereocenters. The first-order valence-corrected chi connectivity index (χ1v) is 22.0. The van der Waals surface area contributed by atoms with Gasteiger partial charge >= 0.3 is 0 Å². The van der Waals surface area contributed by atoms with Gasteiger partial charge in [-0.1, -0.05) is 116 Å². The number of benzene rings is 6. The van der Waals surface area contributed by atoms with Gasteiger partial charge in [-0.15, -0.1) is 11.3 Å². The first kappa shape index (κ1) is 36.3. The molecule has 284 valence electrons. The third-order valence-corrected chi connectivity index (χ3v) is 14.3. The van der Waals surface area contributed by atoms with Crippen molar-refractivity contribution in [3.8, 4) is 11.1 Å². The molecule has 6 aromatic carbocycles. The first-order valence-electron chi connectivity index (χ1n) is 21.2. The van der Waals surface area contributed by atoms with Gasteiger partial charge in [0.2, 0.25) is 0 Å². The molecule has 3 heterocycles. The molecule has 0 saturated heterocycles. The molecular weight excluding hydrogens is 707 g/mol. The lowest BCUT2D eigenvalue weighted by Crippen LogP contribution is -2.60. The van der Waals surface area contributed by atoms with Gasteiger partial charge in [0, 0.05) is 43.2 Å². The summed E-state index contributed by atoms with van der Waals surface area (Å²) in [7, 11) is 0. The minimum absolute atomic E-state index is 0.0241. The van der Waals surface area contributed by atoms with Gasteiger partial charge in [-0.25, -0.2) is 0 Å². The Bertz CT molecular complexity index is 2720. The maximum Gasteiger partial charge on any atom is 0.264 e. The standard InChI is InChI=1S/C53H53BN2S/c1-9-33-20-25-38(26-21-33)55-46-18-13-19-47-49(46)54(51-50(55)42-32-37(53(6,7)8)24-29-48(42)57-51)43-30-34(10-2)22-27-45(43)56(47)44-28-23-36(52(3,4)5)31-41(44)40-17-12-15-35-14-11-16-39(35)40/h12-13,15,17-32H,9-11,14,16H2,1-8H3. The van der Waals surface area contributed by atoms with Crippen molar-refractivity contribution in [3.05, 3.63) is 149 Å². The Morgan fingerprint density at radius 1 is 0.596 bits per heavy atom. The molecule has 10 rings (SSSR count). The van der Waals surface area contributed by atoms with Gasteiger partial charge in [0.25, 0.3) is 6.71 Å². The van der Waals surface area contributed by atoms with E-state index in [1.165, 1.54) is 117 Å². The van der Waals surface area contributed by atoms with E-state index < -0.39 is 0 Å². The molecule has 3 aliphatic rings. The maximum atomic E-state index is 2.63. The summed E-state index contributed by atoms with van der Waals surface area (Å²) < 4.78 is 2.79. The number of hydrogen-bond donors (Lipinski definition) is 0. The third kappa shape index (κ3) is 5.73. The Morgan fingerprint density at radius 2 is 1.26 bits per heavy atom. The van der Waals surface area contributed by atoms with Crippen LogP contribution in [0.1, 0.15) is 95.2 Å². The number of anilines is 6. The van der Waals surface area contributed by atoms with E-state index in [1.54, 1.807) is 0 Å². The molecular formula is C53H53BN2S. The molecule has 0 radical (unpaired) electrons. The summed E-state index contributed by atoms with van der Waals surface area (Å²) in [5, 5.41) is 1.35. The Balaban J connectivity index is 1.29. The molecule has 0 saturated carbocycles. The number of nitrogens with zero attached hydrogens (tertiary/aromatic N) is 2. The van der Waals surface area contributed by atoms with E-state index in [0.29, 0.717) is 0 Å². The molecule has 7 aromatic rings. The highest BCUT2D eigenvalue weighted by atomic mass is 32.1. The second kappa shape index (κ2) is 13.2. The van der Waals surface area contributed by atoms with E-state index in [4.69, 9.17) is 0 Å². The van der Waals surface area contributed by atoms with Gasteiger partial charge in [0.15, 0.2) is 0 Å². The molecule has 0 amide bonds. The Kier molecular flexibility index (Phi) is 8.44. The Morgan fingerprint density at radius 3 is 2.00 bits per heavy atom. The second-order valence-electron chi connectivity index (χ2n) is 18.6. The molecule has 0 bridgehead atoms. The molecule has 0 fully saturated rings. The van der Waals surface area contributed by atoms with E-state index in [0.717, 1.165) is 19.3 Å². The molecule has 0 spiro atoms. The molecule has 4 heteroatoms. The van der Waals surface area contributed by atoms with Gasteiger partial charge in [0.1, 0.15) is 0 Å². The molecule has 57 heavy (non-hydrogen) atoms. The van der Waals surface area contributed by atoms with E-state index in [2.05, 4.69) is 180 Å². The summed E-state index contributed by atoms with van der Waals surface area (Å²) in [5.74, 6) is 0. The zero-order valence-corrected chi connectivity index (χ0v) is 35.7. The fourth-order valence-electron chi connectivity index (χ4n) is 9.85. The largest absolute Gasteiger partial charge is 0.311 e. The smallest absolute Gasteiger partial charge is 0.264 e. The van der Waals surface area contributed by atoms with Crippen molar-refractivity contribution in [1.82, 2.24) is 0 Å². The lowest BCUT2D eigenvalue weighted by molar-refractivity contribution is 0.590. The molecule has 0 unspecified atom stereocenters. The molecule has 1 aromatic heterocycles. The fraction of sp³-hybridized carbons (Fsp3) is 0.283. The van der Waals surface area contributed by atoms with Crippen LogP contribution in [0.4, 0.5) is 34.1 Å². The molecule has 1 aliphatic carbocycles. The van der Waals surface area contributed by atoms with Gasteiger partial charge in [0.05, 0.1) is 11.4 Å². The van der Waals surface area contributed by atoms with Crippen molar-refractivity contribution >= 4 is 78.0 Å². The molecule has 2 aliphatic heterocycles. The van der Waals surface area contributed by atoms with Crippen LogP contribution in [0.2, 0.25) is 0 Å². The highest BCUT2D eigenvalue weighted by molar-refractivity contribution is 7.33. The van der Waals surface area contributed by atoms with Gasteiger partial charge in [-0.2, -0.15) is 0 Å². The van der Waals surface area contributed by atoms with Crippen LogP contribution in [0.25, 0.3) is 21.2 Å². The van der Waals surface area contributed by atoms with E-state index in [1.807, 2.05) is 11.3 Å². The number of hydrogen-bond acceptors (Lipinski definition) is 3. The second-order valence-corrected chi connectivity index (χ2v) is 19.7. The monoisotopic (exact) mass is 760 g/mol. The predicted octanol–water partition coefficient (Wildman–Crippen LogP) is 12.9. The number of fused-ring (bicyclic) bond motifs is 7. The maximum absolute atomic E-state index is 2.63. The Hall–Kier alpha value is -5.06. The fourth-order valence-corrected chi connectivity index (χ4v) is 11.2. The van der Waals surface area contributed by atoms with Crippen LogP contribution in [0.15, 0.2) is 115 Å². The summed E-state index contributed by atoms with van der Waals surface area (Å²) >= 11 is 2.00. The highest BCUT2D eigenvalue weighted by Gasteiger charge is 2.45. The van der Waals surface area contributed by atoms with E-state index in [9.17, 15) is 0 Å². The minimum Gasteiger partial charge on any atom is -0.311 e. The highest BCUT2D eigenvalue weighted by Crippen LogP contribution is 2.50. The van der Waals surface area contributed by atoms with Gasteiger partial charge < -0.3 is 9.80 Å². The van der Waals surface area contributed by atoms with Crippen LogP contribution in [-0.4, -0.2) is 6.71 Å². The summed E-state index contributed by atoms with van der Waals surface area (Å²) in [6.07, 6.45) is 5.56. The van der Waals surface area contributed by atoms with Crippen LogP contribution in [0.5, 0.6) is 0 Å². The first-order chi connectivity index (χ1) is 27.4. The topological polar surface area (TPSA) is 6.48 Å². The summed E-state index contributed by atoms with van der Waals surface area (Å²) in [4.78, 5) is 5.24. The van der Waals surface area contributed by atoms with E-state index >= 15 is 0 Å². The number of aryl methyl sites for hydroxylation is 3. The normalized spacial score (nSPS) is 14.5. The minimum atomic E-state index is 0.0241. The average Bonchev–Trinajstić information content (AvgIpc) is 3.85. The summed E-state index contributed by atoms with van der Waals surface area (Å²) in [6, 6.07) is 45.4. The van der Waals surface area contributed by atoms with Crippen molar-refractivity contribution in [2.24, 2.45) is 0 Å². The van der Waals surface area contributed by atoms with Crippen LogP contribution in [-0.2, 0) is 36.5 Å². The van der Waals surface area contributed by atoms with Crippen molar-refractivity contribution in [2.45, 2.75) is 98.3 Å². The van der Waals surface area contributed by atoms with Crippen molar-refractivity contribution in [2.75, 3.05) is 9.80 Å². The van der Waals surface area contributed by atoms with Crippen molar-refractivity contribution in [3.63, 3.8) is 0 Å². The van der Waals surface area contributed by atoms with E-state index in [-0.39, 0.29) is 17.5 Å². The Labute approximate surface area is 344 Å². The zero-order valence-electron chi connectivity index (χ0n) is 34.9. The number of thiophene rings is 1. The summed E-state index contributed by atoms with van der Waals surface area (Å²) in [6.45, 7) is 18.7. The number of rotatable bonds is 5. The quantitative estimate of drug-likeness (QED) is 0.161. The van der Waals surface area contributed by atoms with Crippen LogP contribution < -0.4 is 25.5 Å². The van der Waals surface area contributed by atoms with Gasteiger partial charge in [-0.05, 0) is 147 Å². The third-order valence-electron chi connectivity index (χ3n) is 13.1. The SMILES string of the molecule is CCc1ccc(N2c3cccc4c3B(c3cc(CC)ccc3N4c3ccc(C(C)(C)C)cc3-c3cccc4c3CCC4)c3sc4ccc(C(C)(C)C)cc4c32)cc1. The summed E-state index contributed by atoms with van der Waals surface area (Å²) in [5.41, 5.74) is 21.8. The van der Waals surface area contributed by atoms with Gasteiger partial charge in [-0.3, -0.25) is 0 Å². The average molecular weight is 761 g/mol. The zero-order chi connectivity index (χ0) is 39.4. The van der Waals surface area contributed by atoms with Crippen LogP contribution in [0, 0.1) is 0 Å². The lowest BCUT2D eigenvalue weighted by atomic mass is 9.36. The molecule has 0 N–H and O–H groups in total. The van der Waals surface area contributed by atoms with Crippen LogP contribution >= 0.6 is 11.3 Å². The van der Waals surface area contributed by atoms with Crippen molar-refractivity contribution in [1.29, 1.82) is 0 Å². The van der Waals surface area contributed by atoms with Crippen molar-refractivity contribution < 1.29 is 0 Å².